The van der Waals surface area contributed by atoms with Crippen LogP contribution in [0.3, 0.4) is 0 Å². The van der Waals surface area contributed by atoms with Crippen LogP contribution in [0, 0.1) is 0 Å². The van der Waals surface area contributed by atoms with Gasteiger partial charge in [0.25, 0.3) is 5.91 Å². The number of nitrogens with zero attached hydrogens (tertiary/aromatic N) is 2. The normalized spacial score (nSPS) is 15.1. The molecule has 1 fully saturated rings. The van der Waals surface area contributed by atoms with Crippen molar-refractivity contribution >= 4 is 21.7 Å². The van der Waals surface area contributed by atoms with Crippen LogP contribution in [0.25, 0.3) is 0 Å². The van der Waals surface area contributed by atoms with E-state index in [1.165, 1.54) is 36.4 Å². The lowest BCUT2D eigenvalue weighted by molar-refractivity contribution is 0.0975. The van der Waals surface area contributed by atoms with Crippen LogP contribution in [0.1, 0.15) is 23.2 Å². The van der Waals surface area contributed by atoms with Gasteiger partial charge in [-0.1, -0.05) is 18.2 Å². The lowest BCUT2D eigenvalue weighted by Gasteiger charge is -2.12. The fraction of sp³-hybridized carbons (Fsp3) is 0.222. The van der Waals surface area contributed by atoms with E-state index in [0.29, 0.717) is 5.56 Å². The van der Waals surface area contributed by atoms with Crippen molar-refractivity contribution in [2.24, 2.45) is 10.8 Å². The average Bonchev–Trinajstić information content (AvgIpc) is 3.15. The molecule has 3 N–H and O–H groups in total. The van der Waals surface area contributed by atoms with Gasteiger partial charge in [0.05, 0.1) is 9.79 Å². The minimum absolute atomic E-state index is 0.0258. The van der Waals surface area contributed by atoms with Gasteiger partial charge in [0, 0.05) is 18.7 Å². The Morgan fingerprint density at radius 2 is 1.54 bits per heavy atom. The van der Waals surface area contributed by atoms with Gasteiger partial charge in [-0.2, -0.15) is 0 Å². The Labute approximate surface area is 152 Å². The molecular weight excluding hydrogens is 352 g/mol. The maximum absolute atomic E-state index is 12.5. The molecule has 3 rings (SSSR count). The van der Waals surface area contributed by atoms with Crippen molar-refractivity contribution in [2.75, 3.05) is 13.1 Å². The Balaban J connectivity index is 1.72. The highest BCUT2D eigenvalue weighted by Crippen LogP contribution is 2.20. The maximum Gasteiger partial charge on any atom is 0.257 e. The molecule has 0 unspecified atom stereocenters. The third-order valence-corrected chi connectivity index (χ3v) is 5.84. The molecule has 0 spiro atoms. The number of rotatable bonds is 4. The van der Waals surface area contributed by atoms with Crippen molar-refractivity contribution in [1.82, 2.24) is 10.3 Å². The molecule has 2 aromatic carbocycles. The molecule has 0 aromatic heterocycles. The second kappa shape index (κ2) is 7.57. The van der Waals surface area contributed by atoms with Crippen molar-refractivity contribution in [3.63, 3.8) is 0 Å². The second-order valence-corrected chi connectivity index (χ2v) is 7.89. The quantitative estimate of drug-likeness (QED) is 0.626. The van der Waals surface area contributed by atoms with E-state index in [1.807, 2.05) is 5.01 Å². The Kier molecular flexibility index (Phi) is 5.22. The van der Waals surface area contributed by atoms with E-state index in [2.05, 4.69) is 10.4 Å². The van der Waals surface area contributed by atoms with Crippen LogP contribution >= 0.6 is 0 Å². The Morgan fingerprint density at radius 1 is 0.962 bits per heavy atom. The van der Waals surface area contributed by atoms with E-state index in [9.17, 15) is 13.2 Å². The number of guanidine groups is 1. The Bertz CT molecular complexity index is 903. The monoisotopic (exact) mass is 372 g/mol. The van der Waals surface area contributed by atoms with Gasteiger partial charge in [-0.25, -0.2) is 8.42 Å². The van der Waals surface area contributed by atoms with Gasteiger partial charge in [-0.05, 0) is 49.2 Å². The van der Waals surface area contributed by atoms with Crippen LogP contribution in [0.15, 0.2) is 69.5 Å². The zero-order chi connectivity index (χ0) is 18.6. The number of carbonyl (C=O) groups is 1. The van der Waals surface area contributed by atoms with Gasteiger partial charge >= 0.3 is 0 Å². The molecule has 1 aliphatic rings. The molecule has 2 aromatic rings. The first kappa shape index (κ1) is 17.9. The molecular formula is C18H20N4O3S. The summed E-state index contributed by atoms with van der Waals surface area (Å²) in [5.74, 6) is -0.410. The number of amides is 1. The topological polar surface area (TPSA) is 105 Å². The summed E-state index contributed by atoms with van der Waals surface area (Å²) >= 11 is 0. The number of hydrazone groups is 1. The first-order chi connectivity index (χ1) is 12.5. The van der Waals surface area contributed by atoms with Crippen LogP contribution in [0.2, 0.25) is 0 Å². The van der Waals surface area contributed by atoms with Crippen LogP contribution in [0.5, 0.6) is 0 Å². The van der Waals surface area contributed by atoms with Gasteiger partial charge in [0.2, 0.25) is 15.8 Å². The molecule has 0 atom stereocenters. The van der Waals surface area contributed by atoms with Crippen LogP contribution < -0.4 is 11.1 Å². The standard InChI is InChI=1S/C18H20N4O3S/c19-18(21-22-12-4-5-13-22)20-17(23)14-8-10-16(11-9-14)26(24,25)15-6-2-1-3-7-15/h1-3,6-11H,4-5,12-13H2,(H3,19,20,21,23). The van der Waals surface area contributed by atoms with Crippen LogP contribution in [0.4, 0.5) is 0 Å². The summed E-state index contributed by atoms with van der Waals surface area (Å²) in [5.41, 5.74) is 6.05. The summed E-state index contributed by atoms with van der Waals surface area (Å²) in [6, 6.07) is 13.9. The molecule has 1 heterocycles. The lowest BCUT2D eigenvalue weighted by Crippen LogP contribution is -2.38. The van der Waals surface area contributed by atoms with Gasteiger partial charge in [-0.15, -0.1) is 5.10 Å². The highest BCUT2D eigenvalue weighted by molar-refractivity contribution is 7.91. The first-order valence-corrected chi connectivity index (χ1v) is 9.76. The third kappa shape index (κ3) is 4.02. The SMILES string of the molecule is NC(=NN1CCCC1)NC(=O)c1ccc(S(=O)(=O)c2ccccc2)cc1. The second-order valence-electron chi connectivity index (χ2n) is 5.94. The van der Waals surface area contributed by atoms with Gasteiger partial charge in [-0.3, -0.25) is 15.1 Å². The Morgan fingerprint density at radius 3 is 2.15 bits per heavy atom. The molecule has 0 aliphatic carbocycles. The molecule has 0 radical (unpaired) electrons. The van der Waals surface area contributed by atoms with E-state index >= 15 is 0 Å². The molecule has 26 heavy (non-hydrogen) atoms. The van der Waals surface area contributed by atoms with E-state index in [0.717, 1.165) is 25.9 Å². The van der Waals surface area contributed by atoms with Gasteiger partial charge in [0.15, 0.2) is 0 Å². The number of carbonyl (C=O) groups excluding carboxylic acids is 1. The molecule has 0 saturated carbocycles. The van der Waals surface area contributed by atoms with Crippen molar-refractivity contribution in [2.45, 2.75) is 22.6 Å². The summed E-state index contributed by atoms with van der Waals surface area (Å²) in [6.07, 6.45) is 2.12. The molecule has 1 saturated heterocycles. The fourth-order valence-corrected chi connectivity index (χ4v) is 3.97. The fourth-order valence-electron chi connectivity index (χ4n) is 2.69. The molecule has 1 aliphatic heterocycles. The third-order valence-electron chi connectivity index (χ3n) is 4.05. The van der Waals surface area contributed by atoms with E-state index in [1.54, 1.807) is 18.2 Å². The number of hydrogen-bond acceptors (Lipinski definition) is 5. The van der Waals surface area contributed by atoms with Crippen molar-refractivity contribution < 1.29 is 13.2 Å². The number of hydrogen-bond donors (Lipinski definition) is 2. The summed E-state index contributed by atoms with van der Waals surface area (Å²) in [6.45, 7) is 1.64. The van der Waals surface area contributed by atoms with Gasteiger partial charge in [0.1, 0.15) is 0 Å². The number of nitrogens with two attached hydrogens (primary N) is 1. The number of sulfone groups is 1. The average molecular weight is 372 g/mol. The molecule has 8 heteroatoms. The first-order valence-electron chi connectivity index (χ1n) is 8.27. The lowest BCUT2D eigenvalue weighted by atomic mass is 10.2. The summed E-state index contributed by atoms with van der Waals surface area (Å²) in [5, 5.41) is 8.46. The zero-order valence-corrected chi connectivity index (χ0v) is 14.9. The smallest absolute Gasteiger partial charge is 0.257 e. The maximum atomic E-state index is 12.5. The van der Waals surface area contributed by atoms with E-state index in [4.69, 9.17) is 5.73 Å². The van der Waals surface area contributed by atoms with Crippen LogP contribution in [-0.4, -0.2) is 38.4 Å². The largest absolute Gasteiger partial charge is 0.368 e. The van der Waals surface area contributed by atoms with Crippen molar-refractivity contribution in [3.05, 3.63) is 60.2 Å². The Hall–Kier alpha value is -2.87. The highest BCUT2D eigenvalue weighted by atomic mass is 32.2. The molecule has 7 nitrogen and oxygen atoms in total. The summed E-state index contributed by atoms with van der Waals surface area (Å²) in [4.78, 5) is 12.6. The zero-order valence-electron chi connectivity index (χ0n) is 14.1. The van der Waals surface area contributed by atoms with E-state index in [-0.39, 0.29) is 15.8 Å². The molecule has 136 valence electrons. The van der Waals surface area contributed by atoms with Gasteiger partial charge < -0.3 is 5.73 Å². The molecule has 1 amide bonds. The van der Waals surface area contributed by atoms with Crippen LogP contribution in [-0.2, 0) is 9.84 Å². The van der Waals surface area contributed by atoms with Crippen molar-refractivity contribution in [3.8, 4) is 0 Å². The summed E-state index contributed by atoms with van der Waals surface area (Å²) in [7, 11) is -3.61. The predicted octanol–water partition coefficient (Wildman–Crippen LogP) is 1.57. The molecule has 0 bridgehead atoms. The number of nitrogens with one attached hydrogen (secondary N) is 1. The van der Waals surface area contributed by atoms with Crippen molar-refractivity contribution in [1.29, 1.82) is 0 Å². The number of benzene rings is 2. The summed E-state index contributed by atoms with van der Waals surface area (Å²) < 4.78 is 25.1. The minimum Gasteiger partial charge on any atom is -0.368 e. The highest BCUT2D eigenvalue weighted by Gasteiger charge is 2.18. The predicted molar refractivity (Wildman–Crippen MR) is 98.2 cm³/mol. The van der Waals surface area contributed by atoms with E-state index < -0.39 is 15.7 Å². The minimum atomic E-state index is -3.61.